The van der Waals surface area contributed by atoms with Crippen LogP contribution in [0.1, 0.15) is 10.4 Å². The van der Waals surface area contributed by atoms with E-state index < -0.39 is 0 Å². The van der Waals surface area contributed by atoms with Gasteiger partial charge in [0.15, 0.2) is 0 Å². The summed E-state index contributed by atoms with van der Waals surface area (Å²) in [6.45, 7) is 0.814. The van der Waals surface area contributed by atoms with Gasteiger partial charge in [-0.2, -0.15) is 0 Å². The predicted molar refractivity (Wildman–Crippen MR) is 88.3 cm³/mol. The Bertz CT molecular complexity index is 479. The van der Waals surface area contributed by atoms with Crippen LogP contribution in [0.2, 0.25) is 5.02 Å². The van der Waals surface area contributed by atoms with Crippen LogP contribution in [0.25, 0.3) is 0 Å². The van der Waals surface area contributed by atoms with Crippen molar-refractivity contribution in [3.63, 3.8) is 0 Å². The van der Waals surface area contributed by atoms with Gasteiger partial charge in [0.25, 0.3) is 5.91 Å². The maximum Gasteiger partial charge on any atom is 0.251 e. The molecule has 1 aliphatic rings. The zero-order valence-corrected chi connectivity index (χ0v) is 13.6. The number of amides is 2. The SMILES string of the molecule is Cl.O=C(NCCNC(=O)C1CSCN1)c1ccc(Cl)cc1. The van der Waals surface area contributed by atoms with E-state index in [4.69, 9.17) is 11.6 Å². The van der Waals surface area contributed by atoms with Gasteiger partial charge >= 0.3 is 0 Å². The minimum atomic E-state index is -0.175. The van der Waals surface area contributed by atoms with Gasteiger partial charge in [-0.15, -0.1) is 24.2 Å². The van der Waals surface area contributed by atoms with Gasteiger partial charge in [0, 0.05) is 35.3 Å². The predicted octanol–water partition coefficient (Wildman–Crippen LogP) is 1.27. The van der Waals surface area contributed by atoms with Gasteiger partial charge in [-0.05, 0) is 24.3 Å². The minimum Gasteiger partial charge on any atom is -0.353 e. The van der Waals surface area contributed by atoms with Crippen LogP contribution < -0.4 is 16.0 Å². The highest BCUT2D eigenvalue weighted by molar-refractivity contribution is 7.99. The van der Waals surface area contributed by atoms with Crippen molar-refractivity contribution >= 4 is 47.6 Å². The van der Waals surface area contributed by atoms with E-state index in [-0.39, 0.29) is 30.3 Å². The monoisotopic (exact) mass is 349 g/mol. The summed E-state index contributed by atoms with van der Waals surface area (Å²) in [5.41, 5.74) is 0.551. The number of hydrogen-bond acceptors (Lipinski definition) is 4. The first-order chi connectivity index (χ1) is 9.66. The molecule has 5 nitrogen and oxygen atoms in total. The minimum absolute atomic E-state index is 0. The van der Waals surface area contributed by atoms with Crippen molar-refractivity contribution in [2.24, 2.45) is 0 Å². The van der Waals surface area contributed by atoms with Gasteiger partial charge in [-0.1, -0.05) is 11.6 Å². The van der Waals surface area contributed by atoms with Crippen LogP contribution in [0.5, 0.6) is 0 Å². The third-order valence-electron chi connectivity index (χ3n) is 2.85. The fourth-order valence-electron chi connectivity index (χ4n) is 1.75. The number of rotatable bonds is 5. The molecule has 2 rings (SSSR count). The summed E-state index contributed by atoms with van der Waals surface area (Å²) < 4.78 is 0. The molecule has 1 aromatic rings. The molecule has 1 aromatic carbocycles. The molecule has 1 unspecified atom stereocenters. The van der Waals surface area contributed by atoms with Gasteiger partial charge in [0.05, 0.1) is 6.04 Å². The zero-order chi connectivity index (χ0) is 14.4. The third kappa shape index (κ3) is 5.74. The summed E-state index contributed by atoms with van der Waals surface area (Å²) >= 11 is 7.45. The van der Waals surface area contributed by atoms with E-state index in [9.17, 15) is 9.59 Å². The van der Waals surface area contributed by atoms with Crippen LogP contribution >= 0.6 is 35.8 Å². The van der Waals surface area contributed by atoms with Crippen LogP contribution in [-0.2, 0) is 4.79 Å². The topological polar surface area (TPSA) is 70.2 Å². The molecule has 0 bridgehead atoms. The molecule has 0 saturated carbocycles. The van der Waals surface area contributed by atoms with Crippen molar-refractivity contribution in [1.82, 2.24) is 16.0 Å². The van der Waals surface area contributed by atoms with E-state index in [1.54, 1.807) is 36.0 Å². The van der Waals surface area contributed by atoms with Crippen LogP contribution in [-0.4, -0.2) is 42.6 Å². The highest BCUT2D eigenvalue weighted by Crippen LogP contribution is 2.09. The number of benzene rings is 1. The van der Waals surface area contributed by atoms with Crippen LogP contribution in [0.15, 0.2) is 24.3 Å². The molecule has 1 aliphatic heterocycles. The van der Waals surface area contributed by atoms with Crippen molar-refractivity contribution in [2.45, 2.75) is 6.04 Å². The maximum atomic E-state index is 11.8. The van der Waals surface area contributed by atoms with Gasteiger partial charge in [0.2, 0.25) is 5.91 Å². The molecule has 3 N–H and O–H groups in total. The lowest BCUT2D eigenvalue weighted by molar-refractivity contribution is -0.122. The average Bonchev–Trinajstić information content (AvgIpc) is 2.98. The van der Waals surface area contributed by atoms with Gasteiger partial charge in [-0.25, -0.2) is 0 Å². The number of thioether (sulfide) groups is 1. The Morgan fingerprint density at radius 2 is 1.90 bits per heavy atom. The van der Waals surface area contributed by atoms with E-state index in [1.165, 1.54) is 0 Å². The van der Waals surface area contributed by atoms with Crippen molar-refractivity contribution in [3.05, 3.63) is 34.9 Å². The molecule has 0 spiro atoms. The molecule has 0 radical (unpaired) electrons. The maximum absolute atomic E-state index is 11.8. The Balaban J connectivity index is 0.00000220. The number of halogens is 2. The van der Waals surface area contributed by atoms with E-state index in [1.807, 2.05) is 0 Å². The molecule has 1 fully saturated rings. The smallest absolute Gasteiger partial charge is 0.251 e. The molecule has 0 aliphatic carbocycles. The molecule has 116 valence electrons. The zero-order valence-electron chi connectivity index (χ0n) is 11.2. The molecule has 8 heteroatoms. The van der Waals surface area contributed by atoms with E-state index in [0.29, 0.717) is 23.7 Å². The first-order valence-corrected chi connectivity index (χ1v) is 7.82. The van der Waals surface area contributed by atoms with Crippen LogP contribution in [0.4, 0.5) is 0 Å². The normalized spacial score (nSPS) is 16.9. The molecule has 1 atom stereocenters. The third-order valence-corrected chi connectivity index (χ3v) is 4.04. The van der Waals surface area contributed by atoms with Crippen molar-refractivity contribution in [2.75, 3.05) is 24.7 Å². The lowest BCUT2D eigenvalue weighted by Gasteiger charge is -2.11. The summed E-state index contributed by atoms with van der Waals surface area (Å²) in [6, 6.07) is 6.54. The Labute approximate surface area is 139 Å². The molecule has 0 aromatic heterocycles. The van der Waals surface area contributed by atoms with E-state index >= 15 is 0 Å². The number of hydrogen-bond donors (Lipinski definition) is 3. The molecule has 21 heavy (non-hydrogen) atoms. The summed E-state index contributed by atoms with van der Waals surface area (Å²) in [7, 11) is 0. The number of carbonyl (C=O) groups is 2. The first kappa shape index (κ1) is 18.1. The summed E-state index contributed by atoms with van der Waals surface area (Å²) in [6.07, 6.45) is 0. The van der Waals surface area contributed by atoms with Gasteiger partial charge < -0.3 is 10.6 Å². The lowest BCUT2D eigenvalue weighted by Crippen LogP contribution is -2.44. The second kappa shape index (κ2) is 9.15. The molecular weight excluding hydrogens is 333 g/mol. The fraction of sp³-hybridized carbons (Fsp3) is 0.385. The first-order valence-electron chi connectivity index (χ1n) is 6.29. The highest BCUT2D eigenvalue weighted by atomic mass is 35.5. The van der Waals surface area contributed by atoms with Crippen molar-refractivity contribution < 1.29 is 9.59 Å². The fourth-order valence-corrected chi connectivity index (χ4v) is 2.82. The Kier molecular flexibility index (Phi) is 7.88. The van der Waals surface area contributed by atoms with E-state index in [0.717, 1.165) is 11.6 Å². The molecule has 1 heterocycles. The quantitative estimate of drug-likeness (QED) is 0.700. The second-order valence-corrected chi connectivity index (χ2v) is 5.79. The van der Waals surface area contributed by atoms with Crippen LogP contribution in [0, 0.1) is 0 Å². The molecular formula is C13H17Cl2N3O2S. The van der Waals surface area contributed by atoms with Crippen molar-refractivity contribution in [3.8, 4) is 0 Å². The summed E-state index contributed by atoms with van der Waals surface area (Å²) in [5, 5.41) is 9.21. The van der Waals surface area contributed by atoms with Gasteiger partial charge in [0.1, 0.15) is 0 Å². The van der Waals surface area contributed by atoms with Crippen LogP contribution in [0.3, 0.4) is 0 Å². The highest BCUT2D eigenvalue weighted by Gasteiger charge is 2.21. The molecule has 2 amide bonds. The average molecular weight is 350 g/mol. The Hall–Kier alpha value is -0.950. The Morgan fingerprint density at radius 1 is 1.24 bits per heavy atom. The second-order valence-electron chi connectivity index (χ2n) is 4.33. The largest absolute Gasteiger partial charge is 0.353 e. The molecule has 1 saturated heterocycles. The summed E-state index contributed by atoms with van der Waals surface area (Å²) in [4.78, 5) is 23.5. The standard InChI is InChI=1S/C13H16ClN3O2S.ClH/c14-10-3-1-9(2-4-10)12(18)15-5-6-16-13(19)11-7-20-8-17-11;/h1-4,11,17H,5-8H2,(H,15,18)(H,16,19);1H. The Morgan fingerprint density at radius 3 is 2.52 bits per heavy atom. The number of nitrogens with one attached hydrogen (secondary N) is 3. The number of carbonyl (C=O) groups excluding carboxylic acids is 2. The lowest BCUT2D eigenvalue weighted by atomic mass is 10.2. The van der Waals surface area contributed by atoms with E-state index in [2.05, 4.69) is 16.0 Å². The van der Waals surface area contributed by atoms with Gasteiger partial charge in [-0.3, -0.25) is 14.9 Å². The summed E-state index contributed by atoms with van der Waals surface area (Å²) in [5.74, 6) is 1.41. The van der Waals surface area contributed by atoms with Crippen molar-refractivity contribution in [1.29, 1.82) is 0 Å².